The van der Waals surface area contributed by atoms with Gasteiger partial charge in [-0.15, -0.1) is 0 Å². The topological polar surface area (TPSA) is 66.5 Å². The summed E-state index contributed by atoms with van der Waals surface area (Å²) in [6.45, 7) is 0.104. The molecule has 2 rings (SSSR count). The van der Waals surface area contributed by atoms with E-state index in [9.17, 15) is 22.0 Å². The molecule has 0 aromatic rings. The van der Waals surface area contributed by atoms with Crippen LogP contribution >= 0.6 is 0 Å². The average Bonchev–Trinajstić information content (AvgIpc) is 2.72. The lowest BCUT2D eigenvalue weighted by atomic mass is 9.92. The highest BCUT2D eigenvalue weighted by atomic mass is 32.2. The predicted octanol–water partition coefficient (Wildman–Crippen LogP) is 0.799. The second-order valence-electron chi connectivity index (χ2n) is 6.17. The molecule has 8 heteroatoms. The fourth-order valence-corrected chi connectivity index (χ4v) is 4.74. The van der Waals surface area contributed by atoms with E-state index < -0.39 is 15.8 Å². The third-order valence-electron chi connectivity index (χ3n) is 4.31. The van der Waals surface area contributed by atoms with Crippen molar-refractivity contribution in [3.05, 3.63) is 0 Å². The number of nitrogens with one attached hydrogen (secondary N) is 1. The van der Waals surface area contributed by atoms with Crippen molar-refractivity contribution in [3.8, 4) is 0 Å². The van der Waals surface area contributed by atoms with Gasteiger partial charge in [-0.1, -0.05) is 0 Å². The molecule has 1 saturated heterocycles. The summed E-state index contributed by atoms with van der Waals surface area (Å²) < 4.78 is 48.9. The molecule has 0 aromatic carbocycles. The minimum atomic E-state index is -2.97. The van der Waals surface area contributed by atoms with E-state index in [-0.39, 0.29) is 48.9 Å². The van der Waals surface area contributed by atoms with Gasteiger partial charge in [0.2, 0.25) is 11.8 Å². The largest absolute Gasteiger partial charge is 0.352 e. The molecule has 0 bridgehead atoms. The number of rotatable bonds is 4. The van der Waals surface area contributed by atoms with Gasteiger partial charge in [-0.05, 0) is 26.3 Å². The predicted molar refractivity (Wildman–Crippen MR) is 75.0 cm³/mol. The van der Waals surface area contributed by atoms with Gasteiger partial charge in [0, 0.05) is 24.9 Å². The molecule has 1 unspecified atom stereocenters. The Morgan fingerprint density at radius 1 is 1.29 bits per heavy atom. The zero-order valence-corrected chi connectivity index (χ0v) is 13.0. The van der Waals surface area contributed by atoms with E-state index >= 15 is 0 Å². The van der Waals surface area contributed by atoms with Crippen molar-refractivity contribution >= 4 is 15.7 Å². The van der Waals surface area contributed by atoms with Gasteiger partial charge in [-0.2, -0.15) is 0 Å². The van der Waals surface area contributed by atoms with Gasteiger partial charge < -0.3 is 5.32 Å². The first-order valence-electron chi connectivity index (χ1n) is 7.25. The number of carbonyl (C=O) groups is 1. The summed E-state index contributed by atoms with van der Waals surface area (Å²) in [5, 5.41) is 2.77. The van der Waals surface area contributed by atoms with Gasteiger partial charge in [-0.3, -0.25) is 9.69 Å². The fourth-order valence-electron chi connectivity index (χ4n) is 2.94. The molecule has 1 aliphatic carbocycles. The Hall–Kier alpha value is -0.760. The first-order valence-corrected chi connectivity index (χ1v) is 9.07. The van der Waals surface area contributed by atoms with E-state index in [4.69, 9.17) is 0 Å². The number of amides is 1. The molecule has 1 heterocycles. The summed E-state index contributed by atoms with van der Waals surface area (Å²) in [6, 6.07) is -0.325. The van der Waals surface area contributed by atoms with Crippen LogP contribution < -0.4 is 5.32 Å². The lowest BCUT2D eigenvalue weighted by Crippen LogP contribution is -2.46. The molecular formula is C13H22F2N2O3S. The van der Waals surface area contributed by atoms with E-state index in [1.807, 2.05) is 0 Å². The van der Waals surface area contributed by atoms with Gasteiger partial charge >= 0.3 is 0 Å². The van der Waals surface area contributed by atoms with E-state index in [0.717, 1.165) is 0 Å². The van der Waals surface area contributed by atoms with Crippen LogP contribution in [0.2, 0.25) is 0 Å². The molecule has 2 aliphatic rings. The van der Waals surface area contributed by atoms with Crippen molar-refractivity contribution in [1.29, 1.82) is 0 Å². The number of carbonyl (C=O) groups excluding carboxylic acids is 1. The highest BCUT2D eigenvalue weighted by Crippen LogP contribution is 2.32. The monoisotopic (exact) mass is 324 g/mol. The molecule has 2 fully saturated rings. The molecule has 1 N–H and O–H groups in total. The molecule has 1 aliphatic heterocycles. The summed E-state index contributed by atoms with van der Waals surface area (Å²) in [5.41, 5.74) is 0. The van der Waals surface area contributed by atoms with Crippen LogP contribution in [0.1, 0.15) is 32.1 Å². The molecule has 1 saturated carbocycles. The molecule has 122 valence electrons. The standard InChI is InChI=1S/C13H22F2N2O3S/c1-17(11-4-7-21(19,20)9-11)8-12(18)16-10-2-5-13(14,15)6-3-10/h10-11H,2-9H2,1H3,(H,16,18). The number of hydrogen-bond donors (Lipinski definition) is 1. The Balaban J connectivity index is 1.75. The Morgan fingerprint density at radius 3 is 2.43 bits per heavy atom. The second-order valence-corrected chi connectivity index (χ2v) is 8.40. The number of nitrogens with zero attached hydrogens (tertiary/aromatic N) is 1. The number of likely N-dealkylation sites (N-methyl/N-ethyl adjacent to an activating group) is 1. The third kappa shape index (κ3) is 4.88. The highest BCUT2D eigenvalue weighted by molar-refractivity contribution is 7.91. The van der Waals surface area contributed by atoms with Crippen LogP contribution in [0.15, 0.2) is 0 Å². The molecule has 0 aromatic heterocycles. The van der Waals surface area contributed by atoms with Crippen molar-refractivity contribution < 1.29 is 22.0 Å². The molecule has 1 atom stereocenters. The minimum absolute atomic E-state index is 0.0897. The Bertz CT molecular complexity index is 486. The molecular weight excluding hydrogens is 302 g/mol. The van der Waals surface area contributed by atoms with Crippen molar-refractivity contribution in [1.82, 2.24) is 10.2 Å². The Morgan fingerprint density at radius 2 is 1.90 bits per heavy atom. The van der Waals surface area contributed by atoms with Crippen LogP contribution in [-0.4, -0.2) is 62.3 Å². The summed E-state index contributed by atoms with van der Waals surface area (Å²) in [5.74, 6) is -2.57. The van der Waals surface area contributed by atoms with Gasteiger partial charge in [0.25, 0.3) is 0 Å². The van der Waals surface area contributed by atoms with Gasteiger partial charge in [0.15, 0.2) is 9.84 Å². The Kier molecular flexibility index (Phi) is 4.87. The van der Waals surface area contributed by atoms with Crippen LogP contribution in [0.3, 0.4) is 0 Å². The lowest BCUT2D eigenvalue weighted by molar-refractivity contribution is -0.124. The summed E-state index contributed by atoms with van der Waals surface area (Å²) >= 11 is 0. The zero-order chi connectivity index (χ0) is 15.7. The number of hydrogen-bond acceptors (Lipinski definition) is 4. The fraction of sp³-hybridized carbons (Fsp3) is 0.923. The third-order valence-corrected chi connectivity index (χ3v) is 6.06. The normalized spacial score (nSPS) is 28.7. The summed E-state index contributed by atoms with van der Waals surface area (Å²) in [4.78, 5) is 13.6. The first kappa shape index (κ1) is 16.6. The molecule has 21 heavy (non-hydrogen) atoms. The summed E-state index contributed by atoms with van der Waals surface area (Å²) in [7, 11) is -1.25. The van der Waals surface area contributed by atoms with Crippen LogP contribution in [0.25, 0.3) is 0 Å². The quantitative estimate of drug-likeness (QED) is 0.831. The van der Waals surface area contributed by atoms with Crippen molar-refractivity contribution in [3.63, 3.8) is 0 Å². The van der Waals surface area contributed by atoms with Gasteiger partial charge in [0.1, 0.15) is 0 Å². The van der Waals surface area contributed by atoms with E-state index in [1.54, 1.807) is 11.9 Å². The van der Waals surface area contributed by atoms with E-state index in [2.05, 4.69) is 5.32 Å². The SMILES string of the molecule is CN(CC(=O)NC1CCC(F)(F)CC1)C1CCS(=O)(=O)C1. The van der Waals surface area contributed by atoms with Crippen LogP contribution in [0, 0.1) is 0 Å². The maximum Gasteiger partial charge on any atom is 0.248 e. The van der Waals surface area contributed by atoms with Crippen molar-refractivity contribution in [2.45, 2.75) is 50.1 Å². The summed E-state index contributed by atoms with van der Waals surface area (Å²) in [6.07, 6.45) is 0.756. The average molecular weight is 324 g/mol. The number of alkyl halides is 2. The van der Waals surface area contributed by atoms with E-state index in [1.165, 1.54) is 0 Å². The second kappa shape index (κ2) is 6.16. The highest BCUT2D eigenvalue weighted by Gasteiger charge is 2.36. The van der Waals surface area contributed by atoms with Gasteiger partial charge in [0.05, 0.1) is 18.1 Å². The molecule has 1 amide bonds. The van der Waals surface area contributed by atoms with Crippen molar-refractivity contribution in [2.24, 2.45) is 0 Å². The number of sulfone groups is 1. The lowest BCUT2D eigenvalue weighted by Gasteiger charge is -2.30. The number of halogens is 2. The first-order chi connectivity index (χ1) is 9.67. The zero-order valence-electron chi connectivity index (χ0n) is 12.1. The molecule has 0 radical (unpaired) electrons. The van der Waals surface area contributed by atoms with Crippen molar-refractivity contribution in [2.75, 3.05) is 25.1 Å². The molecule has 5 nitrogen and oxygen atoms in total. The Labute approximate surface area is 124 Å². The smallest absolute Gasteiger partial charge is 0.248 e. The maximum absolute atomic E-state index is 13.0. The van der Waals surface area contributed by atoms with Crippen LogP contribution in [-0.2, 0) is 14.6 Å². The maximum atomic E-state index is 13.0. The molecule has 0 spiro atoms. The van der Waals surface area contributed by atoms with Gasteiger partial charge in [-0.25, -0.2) is 17.2 Å². The van der Waals surface area contributed by atoms with Crippen LogP contribution in [0.4, 0.5) is 8.78 Å². The van der Waals surface area contributed by atoms with Crippen LogP contribution in [0.5, 0.6) is 0 Å². The minimum Gasteiger partial charge on any atom is -0.352 e. The van der Waals surface area contributed by atoms with E-state index in [0.29, 0.717) is 19.3 Å².